The molecule has 3 N–H and O–H groups in total. The van der Waals surface area contributed by atoms with E-state index in [1.165, 1.54) is 6.07 Å². The van der Waals surface area contributed by atoms with E-state index in [2.05, 4.69) is 10.6 Å². The zero-order valence-electron chi connectivity index (χ0n) is 13.8. The van der Waals surface area contributed by atoms with Crippen LogP contribution in [-0.2, 0) is 4.74 Å². The summed E-state index contributed by atoms with van der Waals surface area (Å²) < 4.78 is 9.76. The number of carbonyl (C=O) groups excluding carboxylic acids is 2. The van der Waals surface area contributed by atoms with Crippen LogP contribution in [0.4, 0.5) is 4.79 Å². The van der Waals surface area contributed by atoms with Crippen molar-refractivity contribution < 1.29 is 23.8 Å². The van der Waals surface area contributed by atoms with Gasteiger partial charge in [-0.3, -0.25) is 4.79 Å². The standard InChI is InChI=1S/C17H20N2O6/c1-2-24-17(23)19-10-6-5-9-18-15(21)13-14(20)11-7-3-4-8-12(11)25-16(13)22/h3-4,7-8,20H,2,5-6,9-10H2,1H3,(H,18,21)(H,19,23). The molecule has 134 valence electrons. The number of para-hydroxylation sites is 1. The highest BCUT2D eigenvalue weighted by Gasteiger charge is 2.20. The van der Waals surface area contributed by atoms with Gasteiger partial charge in [-0.1, -0.05) is 12.1 Å². The van der Waals surface area contributed by atoms with Crippen molar-refractivity contribution in [3.63, 3.8) is 0 Å². The Morgan fingerprint density at radius 2 is 1.84 bits per heavy atom. The van der Waals surface area contributed by atoms with Crippen LogP contribution in [-0.4, -0.2) is 36.8 Å². The highest BCUT2D eigenvalue weighted by atomic mass is 16.5. The molecule has 0 aliphatic heterocycles. The second-order valence-corrected chi connectivity index (χ2v) is 5.22. The van der Waals surface area contributed by atoms with E-state index < -0.39 is 28.9 Å². The number of nitrogens with one attached hydrogen (secondary N) is 2. The van der Waals surface area contributed by atoms with Gasteiger partial charge in [-0.05, 0) is 31.9 Å². The SMILES string of the molecule is CCOC(=O)NCCCCNC(=O)c1c(O)c2ccccc2oc1=O. The Kier molecular flexibility index (Phi) is 6.39. The Morgan fingerprint density at radius 1 is 1.16 bits per heavy atom. The third kappa shape index (κ3) is 4.72. The van der Waals surface area contributed by atoms with Crippen molar-refractivity contribution in [2.75, 3.05) is 19.7 Å². The van der Waals surface area contributed by atoms with Crippen LogP contribution < -0.4 is 16.3 Å². The average Bonchev–Trinajstić information content (AvgIpc) is 2.58. The van der Waals surface area contributed by atoms with Crippen LogP contribution in [0.2, 0.25) is 0 Å². The topological polar surface area (TPSA) is 118 Å². The van der Waals surface area contributed by atoms with Crippen LogP contribution in [0, 0.1) is 0 Å². The molecule has 2 amide bonds. The zero-order valence-corrected chi connectivity index (χ0v) is 13.8. The molecule has 1 aromatic carbocycles. The predicted molar refractivity (Wildman–Crippen MR) is 90.7 cm³/mol. The summed E-state index contributed by atoms with van der Waals surface area (Å²) in [7, 11) is 0. The Balaban J connectivity index is 1.88. The van der Waals surface area contributed by atoms with Gasteiger partial charge in [0.1, 0.15) is 11.3 Å². The summed E-state index contributed by atoms with van der Waals surface area (Å²) in [4.78, 5) is 35.1. The van der Waals surface area contributed by atoms with Crippen LogP contribution in [0.15, 0.2) is 33.5 Å². The first-order chi connectivity index (χ1) is 12.0. The molecule has 0 saturated heterocycles. The van der Waals surface area contributed by atoms with E-state index in [0.717, 1.165) is 0 Å². The number of benzene rings is 1. The molecule has 2 aromatic rings. The normalized spacial score (nSPS) is 10.4. The van der Waals surface area contributed by atoms with Gasteiger partial charge in [0.15, 0.2) is 5.56 Å². The van der Waals surface area contributed by atoms with E-state index in [1.807, 2.05) is 0 Å². The minimum Gasteiger partial charge on any atom is -0.506 e. The fourth-order valence-electron chi connectivity index (χ4n) is 2.25. The van der Waals surface area contributed by atoms with Gasteiger partial charge in [-0.25, -0.2) is 9.59 Å². The van der Waals surface area contributed by atoms with Crippen LogP contribution in [0.3, 0.4) is 0 Å². The maximum atomic E-state index is 12.1. The molecule has 0 atom stereocenters. The molecule has 8 heteroatoms. The third-order valence-corrected chi connectivity index (χ3v) is 3.45. The number of aromatic hydroxyl groups is 1. The second kappa shape index (κ2) is 8.72. The maximum Gasteiger partial charge on any atom is 0.407 e. The summed E-state index contributed by atoms with van der Waals surface area (Å²) in [5.74, 6) is -1.09. The molecule has 0 aliphatic carbocycles. The summed E-state index contributed by atoms with van der Waals surface area (Å²) in [6, 6.07) is 6.43. The van der Waals surface area contributed by atoms with Crippen LogP contribution in [0.5, 0.6) is 5.75 Å². The number of alkyl carbamates (subject to hydrolysis) is 1. The summed E-state index contributed by atoms with van der Waals surface area (Å²) >= 11 is 0. The van der Waals surface area contributed by atoms with Crippen molar-refractivity contribution in [1.82, 2.24) is 10.6 Å². The molecule has 0 aliphatic rings. The number of ether oxygens (including phenoxy) is 1. The van der Waals surface area contributed by atoms with Gasteiger partial charge in [0, 0.05) is 13.1 Å². The fourth-order valence-corrected chi connectivity index (χ4v) is 2.25. The molecular weight excluding hydrogens is 328 g/mol. The smallest absolute Gasteiger partial charge is 0.407 e. The van der Waals surface area contributed by atoms with Crippen LogP contribution in [0.25, 0.3) is 11.0 Å². The van der Waals surface area contributed by atoms with Gasteiger partial charge in [0.25, 0.3) is 5.91 Å². The minimum atomic E-state index is -0.891. The van der Waals surface area contributed by atoms with Crippen molar-refractivity contribution >= 4 is 23.0 Å². The lowest BCUT2D eigenvalue weighted by molar-refractivity contribution is 0.0946. The van der Waals surface area contributed by atoms with Crippen molar-refractivity contribution in [1.29, 1.82) is 0 Å². The molecule has 0 saturated carbocycles. The summed E-state index contributed by atoms with van der Waals surface area (Å²) in [5, 5.41) is 15.6. The minimum absolute atomic E-state index is 0.214. The lowest BCUT2D eigenvalue weighted by atomic mass is 10.1. The lowest BCUT2D eigenvalue weighted by Gasteiger charge is -2.08. The van der Waals surface area contributed by atoms with Gasteiger partial charge < -0.3 is 24.9 Å². The average molecular weight is 348 g/mol. The lowest BCUT2D eigenvalue weighted by Crippen LogP contribution is -2.30. The molecular formula is C17H20N2O6. The van der Waals surface area contributed by atoms with Gasteiger partial charge in [-0.15, -0.1) is 0 Å². The van der Waals surface area contributed by atoms with Crippen molar-refractivity contribution in [3.8, 4) is 5.75 Å². The highest BCUT2D eigenvalue weighted by molar-refractivity contribution is 6.01. The molecule has 8 nitrogen and oxygen atoms in total. The molecule has 0 bridgehead atoms. The van der Waals surface area contributed by atoms with Crippen molar-refractivity contribution in [3.05, 3.63) is 40.2 Å². The number of amides is 2. The maximum absolute atomic E-state index is 12.1. The van der Waals surface area contributed by atoms with E-state index >= 15 is 0 Å². The quantitative estimate of drug-likeness (QED) is 0.518. The zero-order chi connectivity index (χ0) is 18.2. The third-order valence-electron chi connectivity index (χ3n) is 3.45. The first kappa shape index (κ1) is 18.3. The summed E-state index contributed by atoms with van der Waals surface area (Å²) in [6.07, 6.45) is 0.722. The summed E-state index contributed by atoms with van der Waals surface area (Å²) in [6.45, 7) is 2.72. The van der Waals surface area contributed by atoms with Crippen molar-refractivity contribution in [2.24, 2.45) is 0 Å². The molecule has 25 heavy (non-hydrogen) atoms. The fraction of sp³-hybridized carbons (Fsp3) is 0.353. The number of hydrogen-bond donors (Lipinski definition) is 3. The van der Waals surface area contributed by atoms with Crippen LogP contribution >= 0.6 is 0 Å². The number of unbranched alkanes of at least 4 members (excludes halogenated alkanes) is 1. The second-order valence-electron chi connectivity index (χ2n) is 5.22. The number of rotatable bonds is 7. The summed E-state index contributed by atoms with van der Waals surface area (Å²) in [5.41, 5.74) is -1.09. The number of hydrogen-bond acceptors (Lipinski definition) is 6. The molecule has 1 aromatic heterocycles. The Labute approximate surface area is 143 Å². The van der Waals surface area contributed by atoms with Gasteiger partial charge >= 0.3 is 11.7 Å². The van der Waals surface area contributed by atoms with E-state index in [1.54, 1.807) is 25.1 Å². The van der Waals surface area contributed by atoms with Gasteiger partial charge in [0.2, 0.25) is 0 Å². The molecule has 0 unspecified atom stereocenters. The van der Waals surface area contributed by atoms with Gasteiger partial charge in [-0.2, -0.15) is 0 Å². The number of carbonyl (C=O) groups is 2. The Hall–Kier alpha value is -3.03. The predicted octanol–water partition coefficient (Wildman–Crippen LogP) is 1.75. The first-order valence-corrected chi connectivity index (χ1v) is 7.98. The molecule has 0 fully saturated rings. The van der Waals surface area contributed by atoms with Crippen LogP contribution in [0.1, 0.15) is 30.1 Å². The van der Waals surface area contributed by atoms with E-state index in [-0.39, 0.29) is 12.1 Å². The largest absolute Gasteiger partial charge is 0.506 e. The molecule has 0 radical (unpaired) electrons. The molecule has 0 spiro atoms. The van der Waals surface area contributed by atoms with Gasteiger partial charge in [0.05, 0.1) is 12.0 Å². The Morgan fingerprint density at radius 3 is 2.56 bits per heavy atom. The molecule has 2 rings (SSSR count). The van der Waals surface area contributed by atoms with E-state index in [4.69, 9.17) is 9.15 Å². The van der Waals surface area contributed by atoms with E-state index in [9.17, 15) is 19.5 Å². The monoisotopic (exact) mass is 348 g/mol. The van der Waals surface area contributed by atoms with Crippen molar-refractivity contribution in [2.45, 2.75) is 19.8 Å². The van der Waals surface area contributed by atoms with E-state index in [0.29, 0.717) is 31.4 Å². The highest BCUT2D eigenvalue weighted by Crippen LogP contribution is 2.25. The Bertz CT molecular complexity index is 814. The first-order valence-electron chi connectivity index (χ1n) is 7.98. The molecule has 1 heterocycles. The number of fused-ring (bicyclic) bond motifs is 1.